The average molecular weight is 297 g/mol. The van der Waals surface area contributed by atoms with Crippen LogP contribution < -0.4 is 5.32 Å². The molecule has 0 unspecified atom stereocenters. The molecule has 6 heteroatoms. The van der Waals surface area contributed by atoms with Crippen LogP contribution in [-0.4, -0.2) is 57.8 Å². The normalized spacial score (nSPS) is 10.4. The minimum Gasteiger partial charge on any atom is -0.462 e. The second-order valence-electron chi connectivity index (χ2n) is 4.32. The molecule has 0 aromatic heterocycles. The van der Waals surface area contributed by atoms with Crippen LogP contribution in [0.2, 0.25) is 0 Å². The molecular weight excluding hydrogens is 274 g/mol. The van der Waals surface area contributed by atoms with Gasteiger partial charge in [-0.1, -0.05) is 0 Å². The first-order valence-electron chi connectivity index (χ1n) is 6.96. The maximum Gasteiger partial charge on any atom is 0.338 e. The Morgan fingerprint density at radius 2 is 1.90 bits per heavy atom. The summed E-state index contributed by atoms with van der Waals surface area (Å²) < 4.78 is 15.3. The Bertz CT molecular complexity index is 394. The predicted octanol–water partition coefficient (Wildman–Crippen LogP) is 1.30. The number of aliphatic hydroxyl groups excluding tert-OH is 1. The van der Waals surface area contributed by atoms with Crippen molar-refractivity contribution in [2.75, 3.05) is 52.0 Å². The Labute approximate surface area is 125 Å². The number of methoxy groups -OCH3 is 1. The van der Waals surface area contributed by atoms with Gasteiger partial charge in [-0.3, -0.25) is 0 Å². The number of nitrogens with one attached hydrogen (secondary N) is 1. The number of benzene rings is 1. The summed E-state index contributed by atoms with van der Waals surface area (Å²) in [5.74, 6) is -0.347. The number of carbonyl (C=O) groups excluding carboxylic acids is 1. The summed E-state index contributed by atoms with van der Waals surface area (Å²) in [5, 5.41) is 11.7. The molecule has 0 aliphatic rings. The van der Waals surface area contributed by atoms with E-state index in [4.69, 9.17) is 19.3 Å². The van der Waals surface area contributed by atoms with Crippen LogP contribution in [0.25, 0.3) is 0 Å². The van der Waals surface area contributed by atoms with Crippen molar-refractivity contribution in [3.8, 4) is 0 Å². The van der Waals surface area contributed by atoms with Crippen molar-refractivity contribution in [1.82, 2.24) is 0 Å². The number of anilines is 1. The molecule has 118 valence electrons. The third kappa shape index (κ3) is 7.65. The number of ether oxygens (including phenoxy) is 3. The number of rotatable bonds is 11. The summed E-state index contributed by atoms with van der Waals surface area (Å²) in [6, 6.07) is 6.94. The smallest absolute Gasteiger partial charge is 0.338 e. The Kier molecular flexibility index (Phi) is 9.19. The van der Waals surface area contributed by atoms with Crippen LogP contribution in [-0.2, 0) is 14.2 Å². The van der Waals surface area contributed by atoms with Crippen molar-refractivity contribution >= 4 is 11.7 Å². The first-order valence-corrected chi connectivity index (χ1v) is 6.96. The molecule has 0 amide bonds. The third-order valence-electron chi connectivity index (χ3n) is 2.66. The van der Waals surface area contributed by atoms with E-state index < -0.39 is 0 Å². The SMILES string of the molecule is COCCOCCCOC(=O)c1ccc(NCCO)cc1. The molecule has 6 nitrogen and oxygen atoms in total. The van der Waals surface area contributed by atoms with E-state index in [1.807, 2.05) is 0 Å². The van der Waals surface area contributed by atoms with Crippen LogP contribution in [0.3, 0.4) is 0 Å². The molecule has 1 rings (SSSR count). The van der Waals surface area contributed by atoms with Gasteiger partial charge < -0.3 is 24.6 Å². The number of carbonyl (C=O) groups is 1. The van der Waals surface area contributed by atoms with Gasteiger partial charge in [-0.05, 0) is 24.3 Å². The molecule has 1 aromatic rings. The summed E-state index contributed by atoms with van der Waals surface area (Å²) in [4.78, 5) is 11.8. The lowest BCUT2D eigenvalue weighted by Gasteiger charge is -2.07. The largest absolute Gasteiger partial charge is 0.462 e. The highest BCUT2D eigenvalue weighted by Gasteiger charge is 2.06. The van der Waals surface area contributed by atoms with Gasteiger partial charge in [0.2, 0.25) is 0 Å². The van der Waals surface area contributed by atoms with Gasteiger partial charge in [-0.15, -0.1) is 0 Å². The number of aliphatic hydroxyl groups is 1. The van der Waals surface area contributed by atoms with Crippen molar-refractivity contribution in [1.29, 1.82) is 0 Å². The molecule has 0 heterocycles. The third-order valence-corrected chi connectivity index (χ3v) is 2.66. The molecule has 21 heavy (non-hydrogen) atoms. The van der Waals surface area contributed by atoms with E-state index in [0.29, 0.717) is 45.0 Å². The molecule has 0 saturated carbocycles. The first kappa shape index (κ1) is 17.4. The lowest BCUT2D eigenvalue weighted by atomic mass is 10.2. The Hall–Kier alpha value is -1.63. The first-order chi connectivity index (χ1) is 10.3. The monoisotopic (exact) mass is 297 g/mol. The highest BCUT2D eigenvalue weighted by Crippen LogP contribution is 2.10. The fourth-order valence-corrected chi connectivity index (χ4v) is 1.58. The minimum absolute atomic E-state index is 0.0657. The van der Waals surface area contributed by atoms with E-state index in [2.05, 4.69) is 5.32 Å². The zero-order valence-corrected chi connectivity index (χ0v) is 12.3. The van der Waals surface area contributed by atoms with Crippen LogP contribution in [0.5, 0.6) is 0 Å². The van der Waals surface area contributed by atoms with Crippen molar-refractivity contribution in [2.45, 2.75) is 6.42 Å². The Balaban J connectivity index is 2.19. The predicted molar refractivity (Wildman–Crippen MR) is 79.6 cm³/mol. The van der Waals surface area contributed by atoms with Gasteiger partial charge in [0.25, 0.3) is 0 Å². The van der Waals surface area contributed by atoms with Gasteiger partial charge in [0, 0.05) is 32.4 Å². The van der Waals surface area contributed by atoms with Crippen LogP contribution in [0.1, 0.15) is 16.8 Å². The van der Waals surface area contributed by atoms with E-state index in [1.165, 1.54) is 0 Å². The van der Waals surface area contributed by atoms with Crippen molar-refractivity contribution in [2.24, 2.45) is 0 Å². The number of esters is 1. The van der Waals surface area contributed by atoms with Crippen molar-refractivity contribution in [3.63, 3.8) is 0 Å². The van der Waals surface area contributed by atoms with E-state index in [0.717, 1.165) is 5.69 Å². The summed E-state index contributed by atoms with van der Waals surface area (Å²) in [5.41, 5.74) is 1.36. The molecule has 0 spiro atoms. The fraction of sp³-hybridized carbons (Fsp3) is 0.533. The summed E-state index contributed by atoms with van der Waals surface area (Å²) in [6.45, 7) is 2.53. The topological polar surface area (TPSA) is 77.0 Å². The molecule has 0 radical (unpaired) electrons. The van der Waals surface area contributed by atoms with E-state index in [9.17, 15) is 4.79 Å². The van der Waals surface area contributed by atoms with Gasteiger partial charge in [-0.25, -0.2) is 4.79 Å². The van der Waals surface area contributed by atoms with Gasteiger partial charge in [-0.2, -0.15) is 0 Å². The van der Waals surface area contributed by atoms with Crippen LogP contribution in [0.4, 0.5) is 5.69 Å². The zero-order valence-electron chi connectivity index (χ0n) is 12.3. The Morgan fingerprint density at radius 3 is 2.57 bits per heavy atom. The van der Waals surface area contributed by atoms with Crippen molar-refractivity contribution in [3.05, 3.63) is 29.8 Å². The molecule has 0 fully saturated rings. The van der Waals surface area contributed by atoms with Crippen molar-refractivity contribution < 1.29 is 24.1 Å². The molecule has 0 atom stereocenters. The standard InChI is InChI=1S/C15H23NO5/c1-19-11-12-20-9-2-10-21-15(18)13-3-5-14(6-4-13)16-7-8-17/h3-6,16-17H,2,7-12H2,1H3. The Morgan fingerprint density at radius 1 is 1.14 bits per heavy atom. The summed E-state index contributed by atoms with van der Waals surface area (Å²) in [6.07, 6.45) is 0.658. The van der Waals surface area contributed by atoms with Gasteiger partial charge in [0.05, 0.1) is 32.0 Å². The highest BCUT2D eigenvalue weighted by atomic mass is 16.5. The second-order valence-corrected chi connectivity index (χ2v) is 4.32. The highest BCUT2D eigenvalue weighted by molar-refractivity contribution is 5.89. The molecular formula is C15H23NO5. The molecule has 0 saturated heterocycles. The van der Waals surface area contributed by atoms with E-state index >= 15 is 0 Å². The van der Waals surface area contributed by atoms with Gasteiger partial charge in [0.1, 0.15) is 0 Å². The van der Waals surface area contributed by atoms with Crippen LogP contribution in [0.15, 0.2) is 24.3 Å². The van der Waals surface area contributed by atoms with Crippen LogP contribution >= 0.6 is 0 Å². The van der Waals surface area contributed by atoms with E-state index in [-0.39, 0.29) is 12.6 Å². The number of hydrogen-bond donors (Lipinski definition) is 2. The summed E-state index contributed by atoms with van der Waals surface area (Å²) in [7, 11) is 1.62. The minimum atomic E-state index is -0.347. The maximum atomic E-state index is 11.8. The second kappa shape index (κ2) is 11.1. The molecule has 2 N–H and O–H groups in total. The van der Waals surface area contributed by atoms with Gasteiger partial charge in [0.15, 0.2) is 0 Å². The fourth-order valence-electron chi connectivity index (χ4n) is 1.58. The molecule has 0 aliphatic carbocycles. The van der Waals surface area contributed by atoms with Gasteiger partial charge >= 0.3 is 5.97 Å². The zero-order chi connectivity index (χ0) is 15.3. The average Bonchev–Trinajstić information content (AvgIpc) is 2.52. The summed E-state index contributed by atoms with van der Waals surface area (Å²) >= 11 is 0. The van der Waals surface area contributed by atoms with E-state index in [1.54, 1.807) is 31.4 Å². The maximum absolute atomic E-state index is 11.8. The number of hydrogen-bond acceptors (Lipinski definition) is 6. The van der Waals surface area contributed by atoms with Crippen LogP contribution in [0, 0.1) is 0 Å². The molecule has 0 aliphatic heterocycles. The molecule has 1 aromatic carbocycles. The lowest BCUT2D eigenvalue weighted by Crippen LogP contribution is -2.10. The molecule has 0 bridgehead atoms. The quantitative estimate of drug-likeness (QED) is 0.473. The lowest BCUT2D eigenvalue weighted by molar-refractivity contribution is 0.0385.